The van der Waals surface area contributed by atoms with Crippen LogP contribution in [-0.2, 0) is 0 Å². The molecule has 2 unspecified atom stereocenters. The van der Waals surface area contributed by atoms with Crippen molar-refractivity contribution in [2.45, 2.75) is 32.9 Å². The molecule has 0 heterocycles. The second-order valence-corrected chi connectivity index (χ2v) is 5.65. The maximum Gasteiger partial charge on any atom is 0.130 e. The highest BCUT2D eigenvalue weighted by Crippen LogP contribution is 2.24. The van der Waals surface area contributed by atoms with Gasteiger partial charge in [-0.15, -0.1) is 0 Å². The van der Waals surface area contributed by atoms with Crippen molar-refractivity contribution in [3.05, 3.63) is 34.9 Å². The Morgan fingerprint density at radius 2 is 1.59 bits per heavy atom. The monoisotopic (exact) mass is 349 g/mol. The summed E-state index contributed by atoms with van der Waals surface area (Å²) in [5.41, 5.74) is 3.53. The predicted molar refractivity (Wildman–Crippen MR) is 68.4 cm³/mol. The van der Waals surface area contributed by atoms with Crippen LogP contribution in [-0.4, -0.2) is 36.8 Å². The smallest absolute Gasteiger partial charge is 0.130 e. The number of hydrogen-bond donors (Lipinski definition) is 1. The topological polar surface area (TPSA) is 20.2 Å². The fourth-order valence-corrected chi connectivity index (χ4v) is 1.65. The third kappa shape index (κ3) is 4.23. The molecule has 1 N–H and O–H groups in total. The fraction of sp³-hybridized carbons (Fsp3) is 0.571. The maximum absolute atomic E-state index is 10.3. The molecule has 0 aliphatic rings. The van der Waals surface area contributed by atoms with Crippen LogP contribution in [0.2, 0.25) is 0 Å². The van der Waals surface area contributed by atoms with Gasteiger partial charge in [0.1, 0.15) is 12.1 Å². The van der Waals surface area contributed by atoms with E-state index in [0.29, 0.717) is 0 Å². The van der Waals surface area contributed by atoms with Crippen molar-refractivity contribution in [1.82, 2.24) is 0 Å². The molecular formula is C14H24INO. The molecule has 0 aliphatic heterocycles. The molecule has 0 amide bonds. The number of rotatable bonds is 3. The molecule has 0 fully saturated rings. The highest BCUT2D eigenvalue weighted by Gasteiger charge is 2.27. The Morgan fingerprint density at radius 3 is 2.00 bits per heavy atom. The van der Waals surface area contributed by atoms with E-state index >= 15 is 0 Å². The van der Waals surface area contributed by atoms with Gasteiger partial charge in [-0.2, -0.15) is 0 Å². The summed E-state index contributed by atoms with van der Waals surface area (Å²) in [5.74, 6) is 0. The van der Waals surface area contributed by atoms with Gasteiger partial charge in [-0.25, -0.2) is 0 Å². The Labute approximate surface area is 122 Å². The van der Waals surface area contributed by atoms with Gasteiger partial charge in [-0.05, 0) is 37.5 Å². The minimum absolute atomic E-state index is 0. The number of aryl methyl sites for hydroxylation is 2. The van der Waals surface area contributed by atoms with Gasteiger partial charge in [0.05, 0.1) is 21.1 Å². The Morgan fingerprint density at radius 1 is 1.06 bits per heavy atom. The molecule has 2 atom stereocenters. The van der Waals surface area contributed by atoms with Crippen LogP contribution in [0.5, 0.6) is 0 Å². The summed E-state index contributed by atoms with van der Waals surface area (Å²) >= 11 is 0. The van der Waals surface area contributed by atoms with E-state index in [1.54, 1.807) is 0 Å². The standard InChI is InChI=1S/C14H24NO.HI/c1-10-7-8-13(9-11(10)2)14(16)12(3)15(4,5)6;/h7-9,12,14,16H,1-6H3;1H/q+1;/p-1. The molecule has 3 heteroatoms. The Bertz CT molecular complexity index is 371. The van der Waals surface area contributed by atoms with E-state index in [1.165, 1.54) is 11.1 Å². The molecule has 0 aliphatic carbocycles. The summed E-state index contributed by atoms with van der Waals surface area (Å²) in [6, 6.07) is 6.38. The number of halogens is 1. The molecule has 0 saturated carbocycles. The number of likely N-dealkylation sites (N-methyl/N-ethyl adjacent to an activating group) is 1. The third-order valence-electron chi connectivity index (χ3n) is 3.55. The molecule has 0 bridgehead atoms. The average Bonchev–Trinajstić information content (AvgIpc) is 2.18. The van der Waals surface area contributed by atoms with E-state index in [4.69, 9.17) is 0 Å². The first-order valence-electron chi connectivity index (χ1n) is 5.80. The summed E-state index contributed by atoms with van der Waals surface area (Å²) in [4.78, 5) is 0. The Hall–Kier alpha value is -0.130. The zero-order chi connectivity index (χ0) is 12.5. The van der Waals surface area contributed by atoms with Crippen molar-refractivity contribution in [2.24, 2.45) is 0 Å². The van der Waals surface area contributed by atoms with E-state index in [1.807, 2.05) is 6.07 Å². The molecule has 1 aromatic carbocycles. The minimum Gasteiger partial charge on any atom is -1.00 e. The van der Waals surface area contributed by atoms with Gasteiger partial charge in [0, 0.05) is 0 Å². The summed E-state index contributed by atoms with van der Waals surface area (Å²) in [6.45, 7) is 6.26. The first-order chi connectivity index (χ1) is 7.23. The highest BCUT2D eigenvalue weighted by atomic mass is 127. The zero-order valence-electron chi connectivity index (χ0n) is 11.7. The van der Waals surface area contributed by atoms with Crippen molar-refractivity contribution in [1.29, 1.82) is 0 Å². The summed E-state index contributed by atoms with van der Waals surface area (Å²) in [6.07, 6.45) is -0.403. The normalized spacial score (nSPS) is 15.0. The van der Waals surface area contributed by atoms with Crippen LogP contribution < -0.4 is 24.0 Å². The maximum atomic E-state index is 10.3. The van der Waals surface area contributed by atoms with Crippen molar-refractivity contribution >= 4 is 0 Å². The van der Waals surface area contributed by atoms with E-state index in [9.17, 15) is 5.11 Å². The van der Waals surface area contributed by atoms with Gasteiger partial charge < -0.3 is 33.6 Å². The lowest BCUT2D eigenvalue weighted by Crippen LogP contribution is -3.00. The number of nitrogens with zero attached hydrogens (tertiary/aromatic N) is 1. The molecule has 0 saturated heterocycles. The molecular weight excluding hydrogens is 325 g/mol. The molecule has 0 aromatic heterocycles. The second kappa shape index (κ2) is 6.16. The number of aliphatic hydroxyl groups excluding tert-OH is 1. The number of quaternary nitrogens is 1. The average molecular weight is 349 g/mol. The third-order valence-corrected chi connectivity index (χ3v) is 3.55. The molecule has 0 spiro atoms. The molecule has 2 nitrogen and oxygen atoms in total. The Kier molecular flexibility index (Phi) is 6.11. The van der Waals surface area contributed by atoms with Crippen LogP contribution in [0.1, 0.15) is 29.7 Å². The number of hydrogen-bond acceptors (Lipinski definition) is 1. The fourth-order valence-electron chi connectivity index (χ4n) is 1.65. The second-order valence-electron chi connectivity index (χ2n) is 5.65. The lowest BCUT2D eigenvalue weighted by Gasteiger charge is -2.34. The van der Waals surface area contributed by atoms with Crippen LogP contribution in [0.4, 0.5) is 0 Å². The quantitative estimate of drug-likeness (QED) is 0.573. The minimum atomic E-state index is -0.403. The SMILES string of the molecule is Cc1ccc(C(O)C(C)[N+](C)(C)C)cc1C.[I-]. The first kappa shape index (κ1) is 16.9. The lowest BCUT2D eigenvalue weighted by molar-refractivity contribution is -0.898. The van der Waals surface area contributed by atoms with Crippen molar-refractivity contribution in [3.8, 4) is 0 Å². The van der Waals surface area contributed by atoms with E-state index in [2.05, 4.69) is 54.0 Å². The van der Waals surface area contributed by atoms with Gasteiger partial charge >= 0.3 is 0 Å². The van der Waals surface area contributed by atoms with Crippen LogP contribution >= 0.6 is 0 Å². The molecule has 98 valence electrons. The molecule has 1 rings (SSSR count). The van der Waals surface area contributed by atoms with Crippen LogP contribution in [0.25, 0.3) is 0 Å². The van der Waals surface area contributed by atoms with Gasteiger partial charge in [-0.3, -0.25) is 0 Å². The van der Waals surface area contributed by atoms with E-state index < -0.39 is 6.10 Å². The van der Waals surface area contributed by atoms with Crippen LogP contribution in [0.15, 0.2) is 18.2 Å². The van der Waals surface area contributed by atoms with Crippen molar-refractivity contribution in [2.75, 3.05) is 21.1 Å². The number of benzene rings is 1. The highest BCUT2D eigenvalue weighted by molar-refractivity contribution is 5.31. The van der Waals surface area contributed by atoms with Gasteiger partial charge in [0.2, 0.25) is 0 Å². The van der Waals surface area contributed by atoms with E-state index in [-0.39, 0.29) is 30.0 Å². The van der Waals surface area contributed by atoms with Crippen molar-refractivity contribution in [3.63, 3.8) is 0 Å². The zero-order valence-corrected chi connectivity index (χ0v) is 13.8. The lowest BCUT2D eigenvalue weighted by atomic mass is 9.98. The first-order valence-corrected chi connectivity index (χ1v) is 5.80. The van der Waals surface area contributed by atoms with Crippen LogP contribution in [0, 0.1) is 13.8 Å². The molecule has 1 aromatic rings. The van der Waals surface area contributed by atoms with Gasteiger partial charge in [-0.1, -0.05) is 18.2 Å². The number of aliphatic hydroxyl groups is 1. The summed E-state index contributed by atoms with van der Waals surface area (Å²) in [7, 11) is 6.32. The van der Waals surface area contributed by atoms with Gasteiger partial charge in [0.15, 0.2) is 0 Å². The van der Waals surface area contributed by atoms with Crippen LogP contribution in [0.3, 0.4) is 0 Å². The largest absolute Gasteiger partial charge is 1.00 e. The summed E-state index contributed by atoms with van der Waals surface area (Å²) < 4.78 is 0.758. The molecule has 17 heavy (non-hydrogen) atoms. The predicted octanol–water partition coefficient (Wildman–Crippen LogP) is -0.564. The molecule has 0 radical (unpaired) electrons. The van der Waals surface area contributed by atoms with Crippen molar-refractivity contribution < 1.29 is 33.6 Å². The van der Waals surface area contributed by atoms with Gasteiger partial charge in [0.25, 0.3) is 0 Å². The summed E-state index contributed by atoms with van der Waals surface area (Å²) in [5, 5.41) is 10.3. The Balaban J connectivity index is 0.00000256. The van der Waals surface area contributed by atoms with E-state index in [0.717, 1.165) is 10.0 Å².